The maximum Gasteiger partial charge on any atom is 0.154 e. The van der Waals surface area contributed by atoms with Crippen molar-refractivity contribution in [2.45, 2.75) is 18.6 Å². The molecule has 0 rings (SSSR count). The largest absolute Gasteiger partial charge is 0.385 e. The smallest absolute Gasteiger partial charge is 0.154 e. The summed E-state index contributed by atoms with van der Waals surface area (Å²) in [5.41, 5.74) is 5.25. The maximum atomic E-state index is 11.3. The summed E-state index contributed by atoms with van der Waals surface area (Å²) in [6.45, 7) is 2.30. The standard InChI is InChI=1S/C7H17NO3S/c1-7(6-8)12(9,10)5-3-4-11-2/h7H,3-6,8H2,1-2H3. The van der Waals surface area contributed by atoms with Crippen LogP contribution in [-0.2, 0) is 14.6 Å². The van der Waals surface area contributed by atoms with Crippen LogP contribution in [0, 0.1) is 0 Å². The maximum absolute atomic E-state index is 11.3. The monoisotopic (exact) mass is 195 g/mol. The first-order valence-electron chi connectivity index (χ1n) is 3.95. The molecular formula is C7H17NO3S. The molecule has 2 N–H and O–H groups in total. The summed E-state index contributed by atoms with van der Waals surface area (Å²) in [6, 6.07) is 0. The fourth-order valence-electron chi connectivity index (χ4n) is 0.752. The Bertz CT molecular complexity index is 201. The summed E-state index contributed by atoms with van der Waals surface area (Å²) in [7, 11) is -1.43. The minimum absolute atomic E-state index is 0.166. The van der Waals surface area contributed by atoms with Crippen molar-refractivity contribution in [3.8, 4) is 0 Å². The molecule has 0 saturated heterocycles. The van der Waals surface area contributed by atoms with Crippen molar-refractivity contribution in [2.24, 2.45) is 5.73 Å². The van der Waals surface area contributed by atoms with E-state index in [9.17, 15) is 8.42 Å². The summed E-state index contributed by atoms with van der Waals surface area (Å²) in [6.07, 6.45) is 0.545. The SMILES string of the molecule is COCCCS(=O)(=O)C(C)CN. The lowest BCUT2D eigenvalue weighted by Crippen LogP contribution is -2.29. The highest BCUT2D eigenvalue weighted by Crippen LogP contribution is 2.01. The van der Waals surface area contributed by atoms with Gasteiger partial charge in [-0.15, -0.1) is 0 Å². The molecule has 0 aliphatic rings. The third kappa shape index (κ3) is 4.04. The lowest BCUT2D eigenvalue weighted by molar-refractivity contribution is 0.199. The molecule has 0 aliphatic heterocycles. The molecule has 4 nitrogen and oxygen atoms in total. The Kier molecular flexibility index (Phi) is 5.44. The Balaban J connectivity index is 3.88. The average molecular weight is 195 g/mol. The average Bonchev–Trinajstić information content (AvgIpc) is 2.03. The molecule has 0 aromatic heterocycles. The number of methoxy groups -OCH3 is 1. The number of rotatable bonds is 6. The summed E-state index contributed by atoms with van der Waals surface area (Å²) in [4.78, 5) is 0. The van der Waals surface area contributed by atoms with Crippen molar-refractivity contribution in [2.75, 3.05) is 26.0 Å². The van der Waals surface area contributed by atoms with Gasteiger partial charge in [-0.3, -0.25) is 0 Å². The van der Waals surface area contributed by atoms with E-state index in [0.29, 0.717) is 13.0 Å². The predicted octanol–water partition coefficient (Wildman–Crippen LogP) is -0.215. The summed E-state index contributed by atoms with van der Waals surface area (Å²) in [5, 5.41) is -0.436. The van der Waals surface area contributed by atoms with E-state index < -0.39 is 15.1 Å². The van der Waals surface area contributed by atoms with Gasteiger partial charge in [0.2, 0.25) is 0 Å². The molecular weight excluding hydrogens is 178 g/mol. The molecule has 0 radical (unpaired) electrons. The highest BCUT2D eigenvalue weighted by molar-refractivity contribution is 7.92. The van der Waals surface area contributed by atoms with Gasteiger partial charge in [0.1, 0.15) is 0 Å². The van der Waals surface area contributed by atoms with Gasteiger partial charge in [0.25, 0.3) is 0 Å². The van der Waals surface area contributed by atoms with Gasteiger partial charge in [0, 0.05) is 20.3 Å². The van der Waals surface area contributed by atoms with Gasteiger partial charge in [0.05, 0.1) is 11.0 Å². The summed E-state index contributed by atoms with van der Waals surface area (Å²) in [5.74, 6) is 0.166. The van der Waals surface area contributed by atoms with E-state index in [2.05, 4.69) is 0 Å². The fourth-order valence-corrected chi connectivity index (χ4v) is 1.97. The molecule has 5 heteroatoms. The van der Waals surface area contributed by atoms with E-state index >= 15 is 0 Å². The Morgan fingerprint density at radius 1 is 1.50 bits per heavy atom. The molecule has 12 heavy (non-hydrogen) atoms. The molecule has 0 aliphatic carbocycles. The predicted molar refractivity (Wildman–Crippen MR) is 48.8 cm³/mol. The van der Waals surface area contributed by atoms with Crippen LogP contribution in [0.15, 0.2) is 0 Å². The minimum atomic E-state index is -2.99. The van der Waals surface area contributed by atoms with Crippen LogP contribution in [-0.4, -0.2) is 39.7 Å². The molecule has 0 spiro atoms. The molecule has 0 saturated carbocycles. The molecule has 0 aromatic rings. The van der Waals surface area contributed by atoms with Crippen LogP contribution in [0.2, 0.25) is 0 Å². The number of hydrogen-bond acceptors (Lipinski definition) is 4. The molecule has 0 fully saturated rings. The first-order chi connectivity index (χ1) is 5.54. The van der Waals surface area contributed by atoms with Crippen LogP contribution in [0.5, 0.6) is 0 Å². The number of ether oxygens (including phenoxy) is 1. The topological polar surface area (TPSA) is 69.4 Å². The van der Waals surface area contributed by atoms with Gasteiger partial charge < -0.3 is 10.5 Å². The first kappa shape index (κ1) is 11.9. The zero-order valence-electron chi connectivity index (χ0n) is 7.62. The number of hydrogen-bond donors (Lipinski definition) is 1. The van der Waals surface area contributed by atoms with Crippen molar-refractivity contribution in [3.63, 3.8) is 0 Å². The Morgan fingerprint density at radius 2 is 2.08 bits per heavy atom. The molecule has 1 atom stereocenters. The second-order valence-electron chi connectivity index (χ2n) is 2.76. The third-order valence-electron chi connectivity index (χ3n) is 1.72. The van der Waals surface area contributed by atoms with Crippen LogP contribution in [0.1, 0.15) is 13.3 Å². The van der Waals surface area contributed by atoms with Crippen LogP contribution >= 0.6 is 0 Å². The van der Waals surface area contributed by atoms with E-state index in [-0.39, 0.29) is 12.3 Å². The lowest BCUT2D eigenvalue weighted by Gasteiger charge is -2.09. The first-order valence-corrected chi connectivity index (χ1v) is 5.66. The summed E-state index contributed by atoms with van der Waals surface area (Å²) >= 11 is 0. The number of sulfone groups is 1. The molecule has 0 heterocycles. The zero-order chi connectivity index (χ0) is 9.61. The highest BCUT2D eigenvalue weighted by Gasteiger charge is 2.18. The second-order valence-corrected chi connectivity index (χ2v) is 5.30. The van der Waals surface area contributed by atoms with Crippen LogP contribution in [0.25, 0.3) is 0 Å². The van der Waals surface area contributed by atoms with Crippen molar-refractivity contribution >= 4 is 9.84 Å². The Labute approximate surface area is 74.0 Å². The normalized spacial score (nSPS) is 14.6. The van der Waals surface area contributed by atoms with E-state index in [1.165, 1.54) is 0 Å². The van der Waals surface area contributed by atoms with Gasteiger partial charge >= 0.3 is 0 Å². The minimum Gasteiger partial charge on any atom is -0.385 e. The quantitative estimate of drug-likeness (QED) is 0.595. The van der Waals surface area contributed by atoms with Crippen LogP contribution in [0.3, 0.4) is 0 Å². The van der Waals surface area contributed by atoms with Crippen molar-refractivity contribution in [3.05, 3.63) is 0 Å². The molecule has 74 valence electrons. The lowest BCUT2D eigenvalue weighted by atomic mass is 10.5. The molecule has 0 aromatic carbocycles. The van der Waals surface area contributed by atoms with Gasteiger partial charge in [-0.2, -0.15) is 0 Å². The van der Waals surface area contributed by atoms with Crippen molar-refractivity contribution in [1.82, 2.24) is 0 Å². The third-order valence-corrected chi connectivity index (χ3v) is 4.00. The number of nitrogens with two attached hydrogens (primary N) is 1. The van der Waals surface area contributed by atoms with Crippen molar-refractivity contribution < 1.29 is 13.2 Å². The van der Waals surface area contributed by atoms with Gasteiger partial charge in [-0.05, 0) is 13.3 Å². The van der Waals surface area contributed by atoms with E-state index in [1.54, 1.807) is 14.0 Å². The zero-order valence-corrected chi connectivity index (χ0v) is 8.43. The van der Waals surface area contributed by atoms with Crippen molar-refractivity contribution in [1.29, 1.82) is 0 Å². The van der Waals surface area contributed by atoms with Gasteiger partial charge in [0.15, 0.2) is 9.84 Å². The fraction of sp³-hybridized carbons (Fsp3) is 1.00. The van der Waals surface area contributed by atoms with E-state index in [4.69, 9.17) is 10.5 Å². The van der Waals surface area contributed by atoms with Gasteiger partial charge in [-0.1, -0.05) is 0 Å². The Hall–Kier alpha value is -0.130. The van der Waals surface area contributed by atoms with Gasteiger partial charge in [-0.25, -0.2) is 8.42 Å². The highest BCUT2D eigenvalue weighted by atomic mass is 32.2. The van der Waals surface area contributed by atoms with E-state index in [0.717, 1.165) is 0 Å². The van der Waals surface area contributed by atoms with Crippen LogP contribution < -0.4 is 5.73 Å². The van der Waals surface area contributed by atoms with Crippen LogP contribution in [0.4, 0.5) is 0 Å². The molecule has 0 bridgehead atoms. The second kappa shape index (κ2) is 5.50. The molecule has 0 amide bonds. The Morgan fingerprint density at radius 3 is 2.50 bits per heavy atom. The summed E-state index contributed by atoms with van der Waals surface area (Å²) < 4.78 is 27.4. The molecule has 1 unspecified atom stereocenters. The van der Waals surface area contributed by atoms with E-state index in [1.807, 2.05) is 0 Å².